The minimum absolute atomic E-state index is 0.137. The van der Waals surface area contributed by atoms with Gasteiger partial charge in [-0.1, -0.05) is 12.1 Å². The summed E-state index contributed by atoms with van der Waals surface area (Å²) >= 11 is 0. The van der Waals surface area contributed by atoms with Crippen molar-refractivity contribution in [2.24, 2.45) is 7.05 Å². The Labute approximate surface area is 130 Å². The zero-order valence-corrected chi connectivity index (χ0v) is 12.4. The molecule has 0 unspecified atom stereocenters. The van der Waals surface area contributed by atoms with Gasteiger partial charge in [-0.15, -0.1) is 0 Å². The monoisotopic (exact) mass is 322 g/mol. The topological polar surface area (TPSA) is 35.6 Å². The van der Waals surface area contributed by atoms with Crippen molar-refractivity contribution in [1.82, 2.24) is 4.57 Å². The third-order valence-electron chi connectivity index (χ3n) is 3.25. The normalized spacial score (nSPS) is 11.1. The highest BCUT2D eigenvalue weighted by molar-refractivity contribution is 6.00. The Bertz CT molecular complexity index is 768. The average Bonchev–Trinajstić information content (AvgIpc) is 2.83. The fraction of sp³-hybridized carbons (Fsp3) is 0.250. The van der Waals surface area contributed by atoms with E-state index in [2.05, 4.69) is 4.85 Å². The van der Waals surface area contributed by atoms with Gasteiger partial charge in [-0.2, -0.15) is 13.2 Å². The molecule has 0 aliphatic heterocycles. The van der Waals surface area contributed by atoms with Crippen LogP contribution in [-0.4, -0.2) is 17.1 Å². The predicted octanol–water partition coefficient (Wildman–Crippen LogP) is 4.44. The Hall–Kier alpha value is -2.75. The highest BCUT2D eigenvalue weighted by atomic mass is 19.4. The number of aromatic nitrogens is 1. The van der Waals surface area contributed by atoms with E-state index in [1.807, 2.05) is 0 Å². The van der Waals surface area contributed by atoms with Gasteiger partial charge in [0.15, 0.2) is 0 Å². The van der Waals surface area contributed by atoms with Crippen molar-refractivity contribution in [2.45, 2.75) is 13.1 Å². The van der Waals surface area contributed by atoms with Crippen LogP contribution in [0.1, 0.15) is 23.0 Å². The summed E-state index contributed by atoms with van der Waals surface area (Å²) < 4.78 is 44.4. The molecule has 0 fully saturated rings. The standard InChI is InChI=1S/C16H13F3N2O2/c1-4-23-15(22)14-13(12(20-2)9-21(14)3)10-5-7-11(8-6-10)16(17,18)19/h5-9H,4H2,1,3H3. The molecule has 120 valence electrons. The van der Waals surface area contributed by atoms with E-state index in [4.69, 9.17) is 11.3 Å². The molecule has 23 heavy (non-hydrogen) atoms. The quantitative estimate of drug-likeness (QED) is 0.619. The van der Waals surface area contributed by atoms with E-state index >= 15 is 0 Å². The molecule has 7 heteroatoms. The largest absolute Gasteiger partial charge is 0.461 e. The molecule has 0 aliphatic carbocycles. The lowest BCUT2D eigenvalue weighted by Gasteiger charge is -2.10. The van der Waals surface area contributed by atoms with Gasteiger partial charge >= 0.3 is 12.1 Å². The Morgan fingerprint density at radius 2 is 1.91 bits per heavy atom. The number of hydrogen-bond acceptors (Lipinski definition) is 2. The van der Waals surface area contributed by atoms with Crippen molar-refractivity contribution in [3.8, 4) is 11.1 Å². The lowest BCUT2D eigenvalue weighted by Crippen LogP contribution is -2.10. The summed E-state index contributed by atoms with van der Waals surface area (Å²) in [6.07, 6.45) is -2.99. The van der Waals surface area contributed by atoms with Crippen LogP contribution in [0, 0.1) is 6.57 Å². The van der Waals surface area contributed by atoms with E-state index < -0.39 is 17.7 Å². The molecule has 0 radical (unpaired) electrons. The minimum atomic E-state index is -4.44. The van der Waals surface area contributed by atoms with Crippen LogP contribution in [-0.2, 0) is 18.0 Å². The summed E-state index contributed by atoms with van der Waals surface area (Å²) in [5, 5.41) is 0. The molecule has 0 saturated heterocycles. The third-order valence-corrected chi connectivity index (χ3v) is 3.25. The van der Waals surface area contributed by atoms with E-state index in [1.165, 1.54) is 22.9 Å². The molecule has 1 aromatic carbocycles. The van der Waals surface area contributed by atoms with Crippen LogP contribution < -0.4 is 0 Å². The van der Waals surface area contributed by atoms with Gasteiger partial charge < -0.3 is 9.30 Å². The molecule has 1 aromatic heterocycles. The van der Waals surface area contributed by atoms with E-state index in [9.17, 15) is 18.0 Å². The number of alkyl halides is 3. The molecule has 1 heterocycles. The van der Waals surface area contributed by atoms with Gasteiger partial charge in [0, 0.05) is 18.8 Å². The molecule has 0 saturated carbocycles. The number of benzene rings is 1. The van der Waals surface area contributed by atoms with Gasteiger partial charge in [-0.05, 0) is 24.6 Å². The molecular weight excluding hydrogens is 309 g/mol. The first-order valence-corrected chi connectivity index (χ1v) is 6.71. The Morgan fingerprint density at radius 1 is 1.30 bits per heavy atom. The first-order valence-electron chi connectivity index (χ1n) is 6.71. The number of hydrogen-bond donors (Lipinski definition) is 0. The number of esters is 1. The van der Waals surface area contributed by atoms with Crippen molar-refractivity contribution < 1.29 is 22.7 Å². The fourth-order valence-corrected chi connectivity index (χ4v) is 2.25. The molecule has 4 nitrogen and oxygen atoms in total. The van der Waals surface area contributed by atoms with Crippen LogP contribution in [0.3, 0.4) is 0 Å². The number of aryl methyl sites for hydroxylation is 1. The van der Waals surface area contributed by atoms with Crippen LogP contribution >= 0.6 is 0 Å². The Kier molecular flexibility index (Phi) is 4.45. The van der Waals surface area contributed by atoms with Crippen LogP contribution in [0.25, 0.3) is 16.0 Å². The number of carbonyl (C=O) groups is 1. The molecule has 0 atom stereocenters. The summed E-state index contributed by atoms with van der Waals surface area (Å²) in [5.74, 6) is -0.625. The second kappa shape index (κ2) is 6.16. The van der Waals surface area contributed by atoms with Gasteiger partial charge in [0.25, 0.3) is 0 Å². The second-order valence-corrected chi connectivity index (χ2v) is 4.76. The lowest BCUT2D eigenvalue weighted by atomic mass is 10.0. The Morgan fingerprint density at radius 3 is 2.39 bits per heavy atom. The van der Waals surface area contributed by atoms with Crippen molar-refractivity contribution in [3.63, 3.8) is 0 Å². The summed E-state index contributed by atoms with van der Waals surface area (Å²) in [7, 11) is 1.58. The number of ether oxygens (including phenoxy) is 1. The molecular formula is C16H13F3N2O2. The Balaban J connectivity index is 2.58. The summed E-state index contributed by atoms with van der Waals surface area (Å²) in [4.78, 5) is 15.4. The van der Waals surface area contributed by atoms with E-state index in [0.29, 0.717) is 5.56 Å². The first-order chi connectivity index (χ1) is 10.8. The van der Waals surface area contributed by atoms with Crippen LogP contribution in [0.15, 0.2) is 30.5 Å². The van der Waals surface area contributed by atoms with Crippen LogP contribution in [0.4, 0.5) is 18.9 Å². The third kappa shape index (κ3) is 3.21. The lowest BCUT2D eigenvalue weighted by molar-refractivity contribution is -0.137. The molecule has 2 aromatic rings. The number of halogens is 3. The van der Waals surface area contributed by atoms with Crippen molar-refractivity contribution in [1.29, 1.82) is 0 Å². The van der Waals surface area contributed by atoms with E-state index in [-0.39, 0.29) is 23.6 Å². The van der Waals surface area contributed by atoms with Gasteiger partial charge in [-0.3, -0.25) is 0 Å². The summed E-state index contributed by atoms with van der Waals surface area (Å²) in [6, 6.07) is 4.33. The average molecular weight is 322 g/mol. The summed E-state index contributed by atoms with van der Waals surface area (Å²) in [5.41, 5.74) is 0.148. The highest BCUT2D eigenvalue weighted by Gasteiger charge is 2.30. The van der Waals surface area contributed by atoms with Crippen LogP contribution in [0.5, 0.6) is 0 Å². The number of nitrogens with zero attached hydrogens (tertiary/aromatic N) is 2. The van der Waals surface area contributed by atoms with Gasteiger partial charge in [0.05, 0.1) is 18.7 Å². The van der Waals surface area contributed by atoms with Crippen molar-refractivity contribution in [2.75, 3.05) is 6.61 Å². The van der Waals surface area contributed by atoms with Crippen LogP contribution in [0.2, 0.25) is 0 Å². The fourth-order valence-electron chi connectivity index (χ4n) is 2.25. The van der Waals surface area contributed by atoms with Crippen molar-refractivity contribution in [3.05, 3.63) is 53.1 Å². The second-order valence-electron chi connectivity index (χ2n) is 4.76. The van der Waals surface area contributed by atoms with E-state index in [0.717, 1.165) is 12.1 Å². The number of rotatable bonds is 3. The van der Waals surface area contributed by atoms with Crippen molar-refractivity contribution >= 4 is 11.7 Å². The SMILES string of the molecule is [C-]#[N+]c1cn(C)c(C(=O)OCC)c1-c1ccc(C(F)(F)F)cc1. The maximum absolute atomic E-state index is 12.7. The predicted molar refractivity (Wildman–Crippen MR) is 78.1 cm³/mol. The molecule has 0 amide bonds. The van der Waals surface area contributed by atoms with Gasteiger partial charge in [-0.25, -0.2) is 9.64 Å². The molecule has 0 spiro atoms. The van der Waals surface area contributed by atoms with Gasteiger partial charge in [0.2, 0.25) is 5.69 Å². The minimum Gasteiger partial charge on any atom is -0.461 e. The maximum atomic E-state index is 12.7. The molecule has 0 bridgehead atoms. The zero-order valence-electron chi connectivity index (χ0n) is 12.4. The molecule has 2 rings (SSSR count). The zero-order chi connectivity index (χ0) is 17.2. The van der Waals surface area contributed by atoms with Gasteiger partial charge in [0.1, 0.15) is 5.69 Å². The maximum Gasteiger partial charge on any atom is 0.416 e. The summed E-state index contributed by atoms with van der Waals surface area (Å²) in [6.45, 7) is 9.01. The molecule has 0 aliphatic rings. The number of carbonyl (C=O) groups excluding carboxylic acids is 1. The highest BCUT2D eigenvalue weighted by Crippen LogP contribution is 2.37. The first kappa shape index (κ1) is 16.6. The molecule has 0 N–H and O–H groups in total. The van der Waals surface area contributed by atoms with E-state index in [1.54, 1.807) is 14.0 Å². The smallest absolute Gasteiger partial charge is 0.416 e.